The van der Waals surface area contributed by atoms with Gasteiger partial charge in [0.15, 0.2) is 0 Å². The summed E-state index contributed by atoms with van der Waals surface area (Å²) >= 11 is 0. The van der Waals surface area contributed by atoms with Gasteiger partial charge in [-0.3, -0.25) is 4.79 Å². The Hall–Kier alpha value is -1.80. The van der Waals surface area contributed by atoms with Gasteiger partial charge < -0.3 is 15.8 Å². The molecular weight excluding hydrogens is 282 g/mol. The van der Waals surface area contributed by atoms with Crippen molar-refractivity contribution in [3.05, 3.63) is 24.3 Å². The largest absolute Gasteiger partial charge is 0.490 e. The quantitative estimate of drug-likeness (QED) is 0.599. The van der Waals surface area contributed by atoms with Crippen LogP contribution in [-0.4, -0.2) is 39.8 Å². The fraction of sp³-hybridized carbons (Fsp3) is 0.417. The summed E-state index contributed by atoms with van der Waals surface area (Å²) in [6, 6.07) is 5.99. The van der Waals surface area contributed by atoms with Crippen LogP contribution in [0.25, 0.3) is 0 Å². The number of rotatable bonds is 7. The van der Waals surface area contributed by atoms with Gasteiger partial charge >= 0.3 is 0 Å². The SMILES string of the molecule is CNC(=O)C(C)NS(=O)(=O)CCOc1ccccc1N. The zero-order valence-electron chi connectivity index (χ0n) is 11.4. The van der Waals surface area contributed by atoms with E-state index in [2.05, 4.69) is 10.0 Å². The van der Waals surface area contributed by atoms with Gasteiger partial charge in [0.1, 0.15) is 12.4 Å². The van der Waals surface area contributed by atoms with E-state index < -0.39 is 22.0 Å². The second-order valence-electron chi connectivity index (χ2n) is 4.16. The molecule has 4 N–H and O–H groups in total. The van der Waals surface area contributed by atoms with Crippen molar-refractivity contribution >= 4 is 21.6 Å². The number of anilines is 1. The smallest absolute Gasteiger partial charge is 0.237 e. The van der Waals surface area contributed by atoms with Crippen molar-refractivity contribution in [2.45, 2.75) is 13.0 Å². The molecule has 8 heteroatoms. The van der Waals surface area contributed by atoms with Crippen LogP contribution in [0.4, 0.5) is 5.69 Å². The monoisotopic (exact) mass is 301 g/mol. The molecule has 1 aromatic rings. The lowest BCUT2D eigenvalue weighted by molar-refractivity contribution is -0.121. The molecule has 0 spiro atoms. The molecule has 0 aliphatic heterocycles. The fourth-order valence-electron chi connectivity index (χ4n) is 1.47. The molecule has 1 aromatic carbocycles. The van der Waals surface area contributed by atoms with Gasteiger partial charge in [0.05, 0.1) is 17.5 Å². The van der Waals surface area contributed by atoms with E-state index in [0.29, 0.717) is 11.4 Å². The van der Waals surface area contributed by atoms with E-state index in [-0.39, 0.29) is 12.4 Å². The molecule has 0 fully saturated rings. The number of nitrogens with two attached hydrogens (primary N) is 1. The van der Waals surface area contributed by atoms with Crippen molar-refractivity contribution in [2.24, 2.45) is 0 Å². The van der Waals surface area contributed by atoms with E-state index in [9.17, 15) is 13.2 Å². The molecular formula is C12H19N3O4S. The van der Waals surface area contributed by atoms with Crippen LogP contribution in [0.2, 0.25) is 0 Å². The van der Waals surface area contributed by atoms with Gasteiger partial charge in [-0.25, -0.2) is 13.1 Å². The van der Waals surface area contributed by atoms with Crippen molar-refractivity contribution in [3.8, 4) is 5.75 Å². The molecule has 112 valence electrons. The van der Waals surface area contributed by atoms with Gasteiger partial charge in [-0.15, -0.1) is 0 Å². The Morgan fingerprint density at radius 1 is 1.40 bits per heavy atom. The lowest BCUT2D eigenvalue weighted by Gasteiger charge is -2.13. The number of nitrogens with one attached hydrogen (secondary N) is 2. The average Bonchev–Trinajstić information content (AvgIpc) is 2.39. The normalized spacial score (nSPS) is 12.7. The first-order valence-corrected chi connectivity index (χ1v) is 7.70. The highest BCUT2D eigenvalue weighted by molar-refractivity contribution is 7.89. The molecule has 0 aliphatic carbocycles. The van der Waals surface area contributed by atoms with Crippen molar-refractivity contribution in [2.75, 3.05) is 25.1 Å². The molecule has 0 aromatic heterocycles. The van der Waals surface area contributed by atoms with Crippen molar-refractivity contribution in [1.82, 2.24) is 10.0 Å². The highest BCUT2D eigenvalue weighted by atomic mass is 32.2. The van der Waals surface area contributed by atoms with Crippen LogP contribution in [0.3, 0.4) is 0 Å². The maximum atomic E-state index is 11.7. The molecule has 0 saturated carbocycles. The minimum absolute atomic E-state index is 0.0516. The number of likely N-dealkylation sites (N-methyl/N-ethyl adjacent to an activating group) is 1. The third-order valence-corrected chi connectivity index (χ3v) is 3.94. The summed E-state index contributed by atoms with van der Waals surface area (Å²) in [5.41, 5.74) is 6.11. The van der Waals surface area contributed by atoms with Gasteiger partial charge in [0.2, 0.25) is 15.9 Å². The van der Waals surface area contributed by atoms with Crippen LogP contribution in [0.15, 0.2) is 24.3 Å². The topological polar surface area (TPSA) is 111 Å². The molecule has 0 heterocycles. The standard InChI is InChI=1S/C12H19N3O4S/c1-9(12(16)14-2)15-20(17,18)8-7-19-11-6-4-3-5-10(11)13/h3-6,9,15H,7-8,13H2,1-2H3,(H,14,16). The molecule has 0 aliphatic rings. The Kier molecular flexibility index (Phi) is 5.78. The first-order valence-electron chi connectivity index (χ1n) is 6.04. The molecule has 1 rings (SSSR count). The second-order valence-corrected chi connectivity index (χ2v) is 6.03. The van der Waals surface area contributed by atoms with Crippen LogP contribution in [-0.2, 0) is 14.8 Å². The van der Waals surface area contributed by atoms with Gasteiger partial charge in [0, 0.05) is 7.05 Å². The number of benzene rings is 1. The number of ether oxygens (including phenoxy) is 1. The van der Waals surface area contributed by atoms with E-state index in [0.717, 1.165) is 0 Å². The van der Waals surface area contributed by atoms with Crippen LogP contribution in [0.5, 0.6) is 5.75 Å². The van der Waals surface area contributed by atoms with Gasteiger partial charge in [-0.2, -0.15) is 0 Å². The van der Waals surface area contributed by atoms with Gasteiger partial charge in [-0.05, 0) is 19.1 Å². The van der Waals surface area contributed by atoms with E-state index in [1.54, 1.807) is 24.3 Å². The Balaban J connectivity index is 2.48. The van der Waals surface area contributed by atoms with Crippen LogP contribution >= 0.6 is 0 Å². The summed E-state index contributed by atoms with van der Waals surface area (Å²) in [5.74, 6) is -0.230. The number of amides is 1. The van der Waals surface area contributed by atoms with E-state index >= 15 is 0 Å². The molecule has 0 bridgehead atoms. The Morgan fingerprint density at radius 2 is 2.05 bits per heavy atom. The highest BCUT2D eigenvalue weighted by Crippen LogP contribution is 2.19. The predicted octanol–water partition coefficient (Wildman–Crippen LogP) is -0.298. The molecule has 1 amide bonds. The molecule has 20 heavy (non-hydrogen) atoms. The Labute approximate surface area is 118 Å². The first kappa shape index (κ1) is 16.3. The number of hydrogen-bond acceptors (Lipinski definition) is 5. The van der Waals surface area contributed by atoms with E-state index in [1.807, 2.05) is 0 Å². The van der Waals surface area contributed by atoms with Crippen LogP contribution in [0, 0.1) is 0 Å². The van der Waals surface area contributed by atoms with Crippen LogP contribution in [0.1, 0.15) is 6.92 Å². The molecule has 0 radical (unpaired) electrons. The van der Waals surface area contributed by atoms with Crippen molar-refractivity contribution in [3.63, 3.8) is 0 Å². The van der Waals surface area contributed by atoms with E-state index in [1.165, 1.54) is 14.0 Å². The summed E-state index contributed by atoms with van der Waals surface area (Å²) in [6.07, 6.45) is 0. The lowest BCUT2D eigenvalue weighted by Crippen LogP contribution is -2.44. The number of para-hydroxylation sites is 2. The van der Waals surface area contributed by atoms with E-state index in [4.69, 9.17) is 10.5 Å². The average molecular weight is 301 g/mol. The summed E-state index contributed by atoms with van der Waals surface area (Å²) in [5, 5.41) is 2.36. The summed E-state index contributed by atoms with van der Waals surface area (Å²) in [4.78, 5) is 11.2. The second kappa shape index (κ2) is 7.11. The fourth-order valence-corrected chi connectivity index (χ4v) is 2.54. The third-order valence-electron chi connectivity index (χ3n) is 2.52. The maximum absolute atomic E-state index is 11.7. The first-order chi connectivity index (χ1) is 9.35. The zero-order valence-corrected chi connectivity index (χ0v) is 12.2. The number of sulfonamides is 1. The molecule has 7 nitrogen and oxygen atoms in total. The number of carbonyl (C=O) groups is 1. The number of carbonyl (C=O) groups excluding carboxylic acids is 1. The minimum atomic E-state index is -3.60. The van der Waals surface area contributed by atoms with Gasteiger partial charge in [-0.1, -0.05) is 12.1 Å². The summed E-state index contributed by atoms with van der Waals surface area (Å²) in [6.45, 7) is 1.41. The van der Waals surface area contributed by atoms with Crippen LogP contribution < -0.4 is 20.5 Å². The van der Waals surface area contributed by atoms with Crippen molar-refractivity contribution in [1.29, 1.82) is 0 Å². The third kappa shape index (κ3) is 5.06. The molecule has 0 saturated heterocycles. The summed E-state index contributed by atoms with van der Waals surface area (Å²) in [7, 11) is -2.16. The molecule has 1 atom stereocenters. The lowest BCUT2D eigenvalue weighted by atomic mass is 10.3. The Bertz CT molecular complexity index is 560. The summed E-state index contributed by atoms with van der Waals surface area (Å²) < 4.78 is 31.0. The number of nitrogen functional groups attached to an aromatic ring is 1. The van der Waals surface area contributed by atoms with Gasteiger partial charge in [0.25, 0.3) is 0 Å². The zero-order chi connectivity index (χ0) is 15.2. The predicted molar refractivity (Wildman–Crippen MR) is 76.8 cm³/mol. The number of hydrogen-bond donors (Lipinski definition) is 3. The van der Waals surface area contributed by atoms with Crippen molar-refractivity contribution < 1.29 is 17.9 Å². The highest BCUT2D eigenvalue weighted by Gasteiger charge is 2.19. The minimum Gasteiger partial charge on any atom is -0.490 e. The maximum Gasteiger partial charge on any atom is 0.237 e. The Morgan fingerprint density at radius 3 is 2.65 bits per heavy atom. The molecule has 1 unspecified atom stereocenters.